The Kier molecular flexibility index (Phi) is 8.40. The van der Waals surface area contributed by atoms with Crippen molar-refractivity contribution in [3.8, 4) is 0 Å². The van der Waals surface area contributed by atoms with Gasteiger partial charge in [0.05, 0.1) is 23.5 Å². The van der Waals surface area contributed by atoms with E-state index in [9.17, 15) is 9.90 Å². The molecule has 11 heteroatoms. The third-order valence-electron chi connectivity index (χ3n) is 6.04. The summed E-state index contributed by atoms with van der Waals surface area (Å²) in [6.45, 7) is 12.0. The number of aryl methyl sites for hydroxylation is 2. The lowest BCUT2D eigenvalue weighted by Crippen LogP contribution is -2.47. The second kappa shape index (κ2) is 11.5. The van der Waals surface area contributed by atoms with Gasteiger partial charge in [-0.05, 0) is 39.3 Å². The number of hydrogen-bond donors (Lipinski definition) is 2. The number of benzene rings is 1. The number of nitrogens with zero attached hydrogens (tertiary/aromatic N) is 6. The summed E-state index contributed by atoms with van der Waals surface area (Å²) in [5.41, 5.74) is 1.64. The van der Waals surface area contributed by atoms with Crippen LogP contribution in [0.5, 0.6) is 0 Å². The second-order valence-electron chi connectivity index (χ2n) is 9.04. The number of carbonyl (C=O) groups is 1. The Morgan fingerprint density at radius 3 is 2.64 bits per heavy atom. The average Bonchev–Trinajstić information content (AvgIpc) is 3.30. The monoisotopic (exact) mass is 529 g/mol. The van der Waals surface area contributed by atoms with E-state index in [-0.39, 0.29) is 18.6 Å². The molecule has 0 bridgehead atoms. The molecule has 0 atom stereocenters. The molecule has 1 amide bonds. The number of aliphatic hydroxyl groups excluding tert-OH is 1. The molecule has 0 radical (unpaired) electrons. The summed E-state index contributed by atoms with van der Waals surface area (Å²) in [6, 6.07) is 7.44. The maximum absolute atomic E-state index is 13.5. The molecule has 2 aromatic heterocycles. The van der Waals surface area contributed by atoms with Crippen molar-refractivity contribution in [1.29, 1.82) is 0 Å². The third-order valence-corrected chi connectivity index (χ3v) is 7.25. The summed E-state index contributed by atoms with van der Waals surface area (Å²) in [4.78, 5) is 33.2. The van der Waals surface area contributed by atoms with Crippen LogP contribution in [0.4, 0.5) is 22.3 Å². The predicted molar refractivity (Wildman–Crippen MR) is 146 cm³/mol. The van der Waals surface area contributed by atoms with Gasteiger partial charge in [-0.2, -0.15) is 0 Å². The van der Waals surface area contributed by atoms with Gasteiger partial charge in [-0.25, -0.2) is 15.0 Å². The van der Waals surface area contributed by atoms with Crippen LogP contribution < -0.4 is 15.1 Å². The normalized spacial score (nSPS) is 14.4. The Morgan fingerprint density at radius 2 is 1.97 bits per heavy atom. The highest BCUT2D eigenvalue weighted by atomic mass is 35.5. The summed E-state index contributed by atoms with van der Waals surface area (Å²) in [5, 5.41) is 14.1. The molecule has 36 heavy (non-hydrogen) atoms. The van der Waals surface area contributed by atoms with Gasteiger partial charge >= 0.3 is 0 Å². The van der Waals surface area contributed by atoms with E-state index in [1.165, 1.54) is 11.3 Å². The van der Waals surface area contributed by atoms with E-state index in [1.54, 1.807) is 17.2 Å². The minimum absolute atomic E-state index is 0.0960. The van der Waals surface area contributed by atoms with Gasteiger partial charge in [0.25, 0.3) is 5.91 Å². The number of aromatic nitrogens is 3. The van der Waals surface area contributed by atoms with Crippen LogP contribution in [-0.2, 0) is 0 Å². The first kappa shape index (κ1) is 26.3. The van der Waals surface area contributed by atoms with Crippen LogP contribution in [-0.4, -0.2) is 76.2 Å². The molecule has 2 N–H and O–H groups in total. The SMILES string of the molecule is Cc1nc(Nc2cnc(C(=O)N(c3c(C)cccc3Cl)C(C)C)s2)cc(N2CCN(CCO)CC2)n1. The molecule has 0 unspecified atom stereocenters. The number of β-amino-alcohol motifs (C(OH)–C–C–N with tert-alkyl or cyclic N) is 1. The summed E-state index contributed by atoms with van der Waals surface area (Å²) < 4.78 is 0. The topological polar surface area (TPSA) is 97.7 Å². The lowest BCUT2D eigenvalue weighted by Gasteiger charge is -2.35. The van der Waals surface area contributed by atoms with Gasteiger partial charge < -0.3 is 20.2 Å². The van der Waals surface area contributed by atoms with E-state index in [0.717, 1.165) is 42.6 Å². The fraction of sp³-hybridized carbons (Fsp3) is 0.440. The van der Waals surface area contributed by atoms with Crippen molar-refractivity contribution in [2.45, 2.75) is 33.7 Å². The van der Waals surface area contributed by atoms with Gasteiger partial charge in [-0.3, -0.25) is 9.69 Å². The second-order valence-corrected chi connectivity index (χ2v) is 10.5. The smallest absolute Gasteiger partial charge is 0.287 e. The van der Waals surface area contributed by atoms with Crippen LogP contribution >= 0.6 is 22.9 Å². The van der Waals surface area contributed by atoms with Crippen LogP contribution in [0.15, 0.2) is 30.5 Å². The molecule has 3 aromatic rings. The van der Waals surface area contributed by atoms with Gasteiger partial charge in [0.2, 0.25) is 0 Å². The molecule has 1 aliphatic heterocycles. The van der Waals surface area contributed by atoms with Crippen molar-refractivity contribution in [1.82, 2.24) is 19.9 Å². The summed E-state index contributed by atoms with van der Waals surface area (Å²) in [5.74, 6) is 1.98. The van der Waals surface area contributed by atoms with Gasteiger partial charge in [-0.1, -0.05) is 35.1 Å². The van der Waals surface area contributed by atoms with Gasteiger partial charge in [0, 0.05) is 44.8 Å². The molecule has 9 nitrogen and oxygen atoms in total. The minimum atomic E-state index is -0.195. The van der Waals surface area contributed by atoms with Crippen LogP contribution in [0, 0.1) is 13.8 Å². The Balaban J connectivity index is 1.51. The number of aliphatic hydroxyl groups is 1. The summed E-state index contributed by atoms with van der Waals surface area (Å²) in [7, 11) is 0. The standard InChI is InChI=1S/C25H32ClN7O2S/c1-16(2)33(23-17(3)6-5-7-19(23)26)25(35)24-27-15-22(36-24)30-20-14-21(29-18(4)28-20)32-10-8-31(9-11-32)12-13-34/h5-7,14-16,34H,8-13H2,1-4H3,(H,28,29,30). The Morgan fingerprint density at radius 1 is 1.22 bits per heavy atom. The number of hydrogen-bond acceptors (Lipinski definition) is 9. The molecule has 1 aromatic carbocycles. The fourth-order valence-electron chi connectivity index (χ4n) is 4.30. The van der Waals surface area contributed by atoms with E-state index in [4.69, 9.17) is 11.6 Å². The maximum atomic E-state index is 13.5. The van der Waals surface area contributed by atoms with Crippen molar-refractivity contribution in [3.05, 3.63) is 51.9 Å². The first-order valence-electron chi connectivity index (χ1n) is 12.0. The van der Waals surface area contributed by atoms with Crippen molar-refractivity contribution in [2.24, 2.45) is 0 Å². The van der Waals surface area contributed by atoms with Crippen LogP contribution in [0.1, 0.15) is 35.0 Å². The van der Waals surface area contributed by atoms with Gasteiger partial charge in [0.15, 0.2) is 5.01 Å². The number of anilines is 4. The molecule has 3 heterocycles. The first-order chi connectivity index (χ1) is 17.3. The third kappa shape index (κ3) is 5.95. The molecular formula is C25H32ClN7O2S. The number of piperazine rings is 1. The highest BCUT2D eigenvalue weighted by Gasteiger charge is 2.27. The fourth-order valence-corrected chi connectivity index (χ4v) is 5.38. The number of rotatable bonds is 8. The highest BCUT2D eigenvalue weighted by Crippen LogP contribution is 2.33. The van der Waals surface area contributed by atoms with Crippen LogP contribution in [0.25, 0.3) is 0 Å². The largest absolute Gasteiger partial charge is 0.395 e. The Hall–Kier alpha value is -2.79. The van der Waals surface area contributed by atoms with Crippen molar-refractivity contribution >= 4 is 51.2 Å². The quantitative estimate of drug-likeness (QED) is 0.450. The van der Waals surface area contributed by atoms with Gasteiger partial charge in [-0.15, -0.1) is 0 Å². The number of para-hydroxylation sites is 1. The predicted octanol–water partition coefficient (Wildman–Crippen LogP) is 4.12. The zero-order valence-electron chi connectivity index (χ0n) is 21.0. The molecule has 1 saturated heterocycles. The summed E-state index contributed by atoms with van der Waals surface area (Å²) >= 11 is 7.75. The molecule has 4 rings (SSSR count). The molecule has 1 fully saturated rings. The number of nitrogens with one attached hydrogen (secondary N) is 1. The maximum Gasteiger partial charge on any atom is 0.287 e. The van der Waals surface area contributed by atoms with Gasteiger partial charge in [0.1, 0.15) is 22.5 Å². The zero-order chi connectivity index (χ0) is 25.8. The van der Waals surface area contributed by atoms with Crippen molar-refractivity contribution in [3.63, 3.8) is 0 Å². The molecule has 0 saturated carbocycles. The molecule has 1 aliphatic rings. The van der Waals surface area contributed by atoms with E-state index in [0.29, 0.717) is 33.9 Å². The van der Waals surface area contributed by atoms with Crippen LogP contribution in [0.3, 0.4) is 0 Å². The Labute approximate surface area is 220 Å². The van der Waals surface area contributed by atoms with Crippen molar-refractivity contribution < 1.29 is 9.90 Å². The number of halogens is 1. The lowest BCUT2D eigenvalue weighted by atomic mass is 10.1. The van der Waals surface area contributed by atoms with E-state index >= 15 is 0 Å². The highest BCUT2D eigenvalue weighted by molar-refractivity contribution is 7.17. The molecular weight excluding hydrogens is 498 g/mol. The minimum Gasteiger partial charge on any atom is -0.395 e. The lowest BCUT2D eigenvalue weighted by molar-refractivity contribution is 0.0979. The van der Waals surface area contributed by atoms with E-state index < -0.39 is 0 Å². The van der Waals surface area contributed by atoms with Crippen molar-refractivity contribution in [2.75, 3.05) is 54.4 Å². The van der Waals surface area contributed by atoms with E-state index in [1.807, 2.05) is 45.9 Å². The average molecular weight is 530 g/mol. The Bertz CT molecular complexity index is 1190. The molecule has 0 spiro atoms. The molecule has 192 valence electrons. The number of amides is 1. The zero-order valence-corrected chi connectivity index (χ0v) is 22.6. The number of carbonyl (C=O) groups excluding carboxylic acids is 1. The summed E-state index contributed by atoms with van der Waals surface area (Å²) in [6.07, 6.45) is 1.65. The first-order valence-corrected chi connectivity index (χ1v) is 13.2. The number of thiazole rings is 1. The van der Waals surface area contributed by atoms with Crippen LogP contribution in [0.2, 0.25) is 5.02 Å². The van der Waals surface area contributed by atoms with E-state index in [2.05, 4.69) is 30.1 Å². The molecule has 0 aliphatic carbocycles.